The molecule has 1 amide bonds. The van der Waals surface area contributed by atoms with E-state index in [1.165, 1.54) is 0 Å². The van der Waals surface area contributed by atoms with Crippen LogP contribution in [0.5, 0.6) is 0 Å². The molecule has 1 heterocycles. The molecule has 0 bridgehead atoms. The van der Waals surface area contributed by atoms with Gasteiger partial charge >= 0.3 is 0 Å². The molecular weight excluding hydrogens is 180 g/mol. The predicted octanol–water partition coefficient (Wildman–Crippen LogP) is 0.236. The molecule has 1 saturated heterocycles. The van der Waals surface area contributed by atoms with Gasteiger partial charge in [-0.3, -0.25) is 10.1 Å². The van der Waals surface area contributed by atoms with Crippen LogP contribution >= 0.6 is 0 Å². The molecule has 2 N–H and O–H groups in total. The molecule has 0 spiro atoms. The van der Waals surface area contributed by atoms with Gasteiger partial charge in [-0.15, -0.1) is 0 Å². The lowest BCUT2D eigenvalue weighted by atomic mass is 9.80. The summed E-state index contributed by atoms with van der Waals surface area (Å²) < 4.78 is 5.41. The SMILES string of the molecule is COC1CCCC2C(=O)NC(C)NC12. The lowest BCUT2D eigenvalue weighted by Crippen LogP contribution is -2.65. The van der Waals surface area contributed by atoms with Gasteiger partial charge < -0.3 is 10.1 Å². The summed E-state index contributed by atoms with van der Waals surface area (Å²) in [5.41, 5.74) is 0. The minimum atomic E-state index is 0.0690. The Morgan fingerprint density at radius 1 is 1.43 bits per heavy atom. The largest absolute Gasteiger partial charge is 0.380 e. The average molecular weight is 198 g/mol. The molecule has 0 aromatic carbocycles. The summed E-state index contributed by atoms with van der Waals surface area (Å²) in [6, 6.07) is 0.206. The van der Waals surface area contributed by atoms with E-state index in [1.807, 2.05) is 6.92 Å². The third-order valence-electron chi connectivity index (χ3n) is 3.28. The Hall–Kier alpha value is -0.610. The smallest absolute Gasteiger partial charge is 0.225 e. The van der Waals surface area contributed by atoms with E-state index in [1.54, 1.807) is 7.11 Å². The number of hydrogen-bond acceptors (Lipinski definition) is 3. The van der Waals surface area contributed by atoms with Crippen LogP contribution in [0.4, 0.5) is 0 Å². The Labute approximate surface area is 84.4 Å². The van der Waals surface area contributed by atoms with Crippen molar-refractivity contribution >= 4 is 5.91 Å². The van der Waals surface area contributed by atoms with Crippen molar-refractivity contribution in [2.45, 2.75) is 44.5 Å². The summed E-state index contributed by atoms with van der Waals surface area (Å²) in [6.45, 7) is 1.97. The van der Waals surface area contributed by atoms with E-state index in [0.717, 1.165) is 19.3 Å². The fourth-order valence-electron chi connectivity index (χ4n) is 2.59. The van der Waals surface area contributed by atoms with Crippen molar-refractivity contribution in [1.82, 2.24) is 10.6 Å². The number of carbonyl (C=O) groups is 1. The molecule has 0 aromatic heterocycles. The molecule has 2 fully saturated rings. The Bertz CT molecular complexity index is 232. The highest BCUT2D eigenvalue weighted by atomic mass is 16.5. The normalized spacial score (nSPS) is 42.9. The fourth-order valence-corrected chi connectivity index (χ4v) is 2.59. The number of fused-ring (bicyclic) bond motifs is 1. The van der Waals surface area contributed by atoms with E-state index in [9.17, 15) is 4.79 Å². The predicted molar refractivity (Wildman–Crippen MR) is 52.7 cm³/mol. The molecule has 4 nitrogen and oxygen atoms in total. The number of amides is 1. The van der Waals surface area contributed by atoms with Gasteiger partial charge in [0.05, 0.1) is 18.2 Å². The van der Waals surface area contributed by atoms with E-state index in [4.69, 9.17) is 4.74 Å². The van der Waals surface area contributed by atoms with Gasteiger partial charge in [0.2, 0.25) is 5.91 Å². The number of methoxy groups -OCH3 is 1. The zero-order valence-corrected chi connectivity index (χ0v) is 8.75. The highest BCUT2D eigenvalue weighted by Crippen LogP contribution is 2.28. The maximum absolute atomic E-state index is 11.7. The second kappa shape index (κ2) is 3.87. The highest BCUT2D eigenvalue weighted by molar-refractivity contribution is 5.80. The van der Waals surface area contributed by atoms with Gasteiger partial charge in [0.15, 0.2) is 0 Å². The standard InChI is InChI=1S/C10H18N2O2/c1-6-11-9-7(10(13)12-6)4-3-5-8(9)14-2/h6-9,11H,3-5H2,1-2H3,(H,12,13). The van der Waals surface area contributed by atoms with Crippen LogP contribution in [-0.2, 0) is 9.53 Å². The highest BCUT2D eigenvalue weighted by Gasteiger charge is 2.41. The molecule has 0 radical (unpaired) electrons. The molecule has 1 aliphatic carbocycles. The van der Waals surface area contributed by atoms with Crippen LogP contribution in [0, 0.1) is 5.92 Å². The molecule has 4 atom stereocenters. The number of ether oxygens (including phenoxy) is 1. The van der Waals surface area contributed by atoms with Crippen molar-refractivity contribution < 1.29 is 9.53 Å². The molecule has 4 heteroatoms. The Kier molecular flexibility index (Phi) is 2.74. The van der Waals surface area contributed by atoms with E-state index >= 15 is 0 Å². The average Bonchev–Trinajstić information content (AvgIpc) is 2.17. The van der Waals surface area contributed by atoms with Gasteiger partial charge in [0, 0.05) is 13.2 Å². The number of rotatable bonds is 1. The van der Waals surface area contributed by atoms with Gasteiger partial charge in [-0.25, -0.2) is 0 Å². The minimum absolute atomic E-state index is 0.0690. The summed E-state index contributed by atoms with van der Waals surface area (Å²) >= 11 is 0. The quantitative estimate of drug-likeness (QED) is 0.634. The first kappa shape index (κ1) is 9.93. The van der Waals surface area contributed by atoms with E-state index < -0.39 is 0 Å². The molecule has 2 aliphatic rings. The van der Waals surface area contributed by atoms with E-state index in [2.05, 4.69) is 10.6 Å². The van der Waals surface area contributed by atoms with Crippen molar-refractivity contribution in [3.05, 3.63) is 0 Å². The number of hydrogen-bond donors (Lipinski definition) is 2. The van der Waals surface area contributed by atoms with Crippen LogP contribution in [0.2, 0.25) is 0 Å². The summed E-state index contributed by atoms with van der Waals surface area (Å²) in [5, 5.41) is 6.31. The summed E-state index contributed by atoms with van der Waals surface area (Å²) in [5.74, 6) is 0.285. The lowest BCUT2D eigenvalue weighted by Gasteiger charge is -2.42. The first-order valence-electron chi connectivity index (χ1n) is 5.31. The zero-order chi connectivity index (χ0) is 10.1. The van der Waals surface area contributed by atoms with Gasteiger partial charge in [0.1, 0.15) is 0 Å². The van der Waals surface area contributed by atoms with Crippen LogP contribution in [0.15, 0.2) is 0 Å². The van der Waals surface area contributed by atoms with Gasteiger partial charge in [0.25, 0.3) is 0 Å². The fraction of sp³-hybridized carbons (Fsp3) is 0.900. The molecule has 1 saturated carbocycles. The Morgan fingerprint density at radius 2 is 2.21 bits per heavy atom. The van der Waals surface area contributed by atoms with Gasteiger partial charge in [-0.1, -0.05) is 0 Å². The minimum Gasteiger partial charge on any atom is -0.380 e. The van der Waals surface area contributed by atoms with Crippen LogP contribution in [0.3, 0.4) is 0 Å². The molecule has 1 aliphatic heterocycles. The van der Waals surface area contributed by atoms with Crippen molar-refractivity contribution in [2.75, 3.05) is 7.11 Å². The van der Waals surface area contributed by atoms with E-state index in [0.29, 0.717) is 0 Å². The molecule has 4 unspecified atom stereocenters. The first-order chi connectivity index (χ1) is 6.72. The second-order valence-electron chi connectivity index (χ2n) is 4.23. The Balaban J connectivity index is 2.12. The molecule has 2 rings (SSSR count). The third kappa shape index (κ3) is 1.64. The van der Waals surface area contributed by atoms with Crippen LogP contribution in [0.1, 0.15) is 26.2 Å². The maximum Gasteiger partial charge on any atom is 0.225 e. The topological polar surface area (TPSA) is 50.4 Å². The summed E-state index contributed by atoms with van der Waals surface area (Å²) in [7, 11) is 1.73. The Morgan fingerprint density at radius 3 is 2.93 bits per heavy atom. The second-order valence-corrected chi connectivity index (χ2v) is 4.23. The van der Waals surface area contributed by atoms with Crippen molar-refractivity contribution in [2.24, 2.45) is 5.92 Å². The molecule has 0 aromatic rings. The van der Waals surface area contributed by atoms with Crippen molar-refractivity contribution in [3.8, 4) is 0 Å². The zero-order valence-electron chi connectivity index (χ0n) is 8.75. The lowest BCUT2D eigenvalue weighted by molar-refractivity contribution is -0.134. The van der Waals surface area contributed by atoms with Crippen LogP contribution < -0.4 is 10.6 Å². The van der Waals surface area contributed by atoms with Crippen molar-refractivity contribution in [3.63, 3.8) is 0 Å². The first-order valence-corrected chi connectivity index (χ1v) is 5.31. The van der Waals surface area contributed by atoms with Crippen LogP contribution in [0.25, 0.3) is 0 Å². The number of carbonyl (C=O) groups excluding carboxylic acids is 1. The van der Waals surface area contributed by atoms with Gasteiger partial charge in [-0.2, -0.15) is 0 Å². The molecule has 14 heavy (non-hydrogen) atoms. The van der Waals surface area contributed by atoms with Crippen LogP contribution in [-0.4, -0.2) is 31.3 Å². The van der Waals surface area contributed by atoms with Gasteiger partial charge in [-0.05, 0) is 26.2 Å². The summed E-state index contributed by atoms with van der Waals surface area (Å²) in [4.78, 5) is 11.7. The number of nitrogens with one attached hydrogen (secondary N) is 2. The summed E-state index contributed by atoms with van der Waals surface area (Å²) in [6.07, 6.45) is 3.39. The van der Waals surface area contributed by atoms with Crippen molar-refractivity contribution in [1.29, 1.82) is 0 Å². The third-order valence-corrected chi connectivity index (χ3v) is 3.28. The van der Waals surface area contributed by atoms with E-state index in [-0.39, 0.29) is 30.1 Å². The monoisotopic (exact) mass is 198 g/mol. The maximum atomic E-state index is 11.7. The molecule has 80 valence electrons. The molecular formula is C10H18N2O2.